The minimum absolute atomic E-state index is 0.0782. The quantitative estimate of drug-likeness (QED) is 0.896. The van der Waals surface area contributed by atoms with E-state index in [1.54, 1.807) is 0 Å². The van der Waals surface area contributed by atoms with Crippen molar-refractivity contribution in [2.45, 2.75) is 51.4 Å². The molecule has 1 saturated heterocycles. The van der Waals surface area contributed by atoms with Gasteiger partial charge in [0.1, 0.15) is 5.75 Å². The number of hydrogen-bond donors (Lipinski definition) is 1. The highest BCUT2D eigenvalue weighted by Crippen LogP contribution is 2.38. The van der Waals surface area contributed by atoms with Crippen molar-refractivity contribution in [2.75, 3.05) is 6.61 Å². The van der Waals surface area contributed by atoms with Crippen LogP contribution in [0.2, 0.25) is 0 Å². The van der Waals surface area contributed by atoms with Crippen molar-refractivity contribution in [3.8, 4) is 5.75 Å². The molecular weight excluding hydrogens is 228 g/mol. The molecule has 1 aliphatic heterocycles. The predicted molar refractivity (Wildman–Crippen MR) is 70.8 cm³/mol. The SMILES string of the molecule is CCOc1cccc(C2(O)CC(C)OC(C)C2)c1. The van der Waals surface area contributed by atoms with Crippen molar-refractivity contribution in [3.63, 3.8) is 0 Å². The van der Waals surface area contributed by atoms with Gasteiger partial charge in [-0.25, -0.2) is 0 Å². The van der Waals surface area contributed by atoms with Gasteiger partial charge in [0.25, 0.3) is 0 Å². The lowest BCUT2D eigenvalue weighted by atomic mass is 9.81. The molecule has 2 unspecified atom stereocenters. The Morgan fingerprint density at radius 1 is 1.33 bits per heavy atom. The molecule has 3 heteroatoms. The van der Waals surface area contributed by atoms with E-state index in [0.29, 0.717) is 19.4 Å². The van der Waals surface area contributed by atoms with Crippen LogP contribution in [0, 0.1) is 0 Å². The van der Waals surface area contributed by atoms with E-state index in [0.717, 1.165) is 11.3 Å². The molecule has 0 amide bonds. The average molecular weight is 250 g/mol. The van der Waals surface area contributed by atoms with E-state index < -0.39 is 5.60 Å². The van der Waals surface area contributed by atoms with Gasteiger partial charge in [0.05, 0.1) is 24.4 Å². The van der Waals surface area contributed by atoms with E-state index in [4.69, 9.17) is 9.47 Å². The van der Waals surface area contributed by atoms with Gasteiger partial charge in [-0.15, -0.1) is 0 Å². The van der Waals surface area contributed by atoms with E-state index in [1.807, 2.05) is 45.0 Å². The Bertz CT molecular complexity index is 392. The summed E-state index contributed by atoms with van der Waals surface area (Å²) in [6, 6.07) is 7.76. The van der Waals surface area contributed by atoms with E-state index in [2.05, 4.69) is 0 Å². The molecule has 1 aromatic carbocycles. The van der Waals surface area contributed by atoms with Gasteiger partial charge in [0.2, 0.25) is 0 Å². The van der Waals surface area contributed by atoms with Crippen LogP contribution in [-0.4, -0.2) is 23.9 Å². The maximum absolute atomic E-state index is 10.8. The van der Waals surface area contributed by atoms with Crippen LogP contribution in [-0.2, 0) is 10.3 Å². The second-order valence-electron chi connectivity index (χ2n) is 5.16. The molecule has 1 N–H and O–H groups in total. The van der Waals surface area contributed by atoms with Crippen LogP contribution in [0.15, 0.2) is 24.3 Å². The molecule has 18 heavy (non-hydrogen) atoms. The van der Waals surface area contributed by atoms with Crippen molar-refractivity contribution >= 4 is 0 Å². The molecule has 100 valence electrons. The molecule has 3 nitrogen and oxygen atoms in total. The highest BCUT2D eigenvalue weighted by molar-refractivity contribution is 5.33. The van der Waals surface area contributed by atoms with Crippen LogP contribution in [0.4, 0.5) is 0 Å². The third kappa shape index (κ3) is 2.85. The molecule has 1 aliphatic rings. The maximum atomic E-state index is 10.8. The number of hydrogen-bond acceptors (Lipinski definition) is 3. The van der Waals surface area contributed by atoms with E-state index in [-0.39, 0.29) is 12.2 Å². The molecule has 0 bridgehead atoms. The molecule has 0 radical (unpaired) electrons. The number of rotatable bonds is 3. The van der Waals surface area contributed by atoms with Crippen LogP contribution in [0.25, 0.3) is 0 Å². The zero-order valence-electron chi connectivity index (χ0n) is 11.3. The fraction of sp³-hybridized carbons (Fsp3) is 0.600. The maximum Gasteiger partial charge on any atom is 0.119 e. The fourth-order valence-electron chi connectivity index (χ4n) is 2.80. The first-order valence-corrected chi connectivity index (χ1v) is 6.64. The van der Waals surface area contributed by atoms with Crippen LogP contribution in [0.1, 0.15) is 39.2 Å². The molecule has 0 saturated carbocycles. The van der Waals surface area contributed by atoms with Crippen molar-refractivity contribution < 1.29 is 14.6 Å². The topological polar surface area (TPSA) is 38.7 Å². The molecule has 1 heterocycles. The monoisotopic (exact) mass is 250 g/mol. The summed E-state index contributed by atoms with van der Waals surface area (Å²) in [5.41, 5.74) is 0.125. The lowest BCUT2D eigenvalue weighted by molar-refractivity contribution is -0.135. The van der Waals surface area contributed by atoms with Gasteiger partial charge in [0.15, 0.2) is 0 Å². The lowest BCUT2D eigenvalue weighted by Crippen LogP contribution is -2.41. The summed E-state index contributed by atoms with van der Waals surface area (Å²) < 4.78 is 11.2. The largest absolute Gasteiger partial charge is 0.494 e. The highest BCUT2D eigenvalue weighted by atomic mass is 16.5. The van der Waals surface area contributed by atoms with Crippen LogP contribution >= 0.6 is 0 Å². The molecular formula is C15H22O3. The first-order chi connectivity index (χ1) is 8.53. The smallest absolute Gasteiger partial charge is 0.119 e. The Kier molecular flexibility index (Phi) is 3.93. The van der Waals surface area contributed by atoms with Gasteiger partial charge in [-0.3, -0.25) is 0 Å². The minimum Gasteiger partial charge on any atom is -0.494 e. The lowest BCUT2D eigenvalue weighted by Gasteiger charge is -2.39. The molecule has 0 spiro atoms. The Morgan fingerprint density at radius 2 is 2.00 bits per heavy atom. The van der Waals surface area contributed by atoms with Crippen LogP contribution < -0.4 is 4.74 Å². The van der Waals surface area contributed by atoms with E-state index >= 15 is 0 Å². The normalized spacial score (nSPS) is 32.2. The van der Waals surface area contributed by atoms with Gasteiger partial charge in [-0.05, 0) is 38.5 Å². The summed E-state index contributed by atoms with van der Waals surface area (Å²) in [7, 11) is 0. The molecule has 1 fully saturated rings. The zero-order valence-corrected chi connectivity index (χ0v) is 11.3. The van der Waals surface area contributed by atoms with Gasteiger partial charge in [0, 0.05) is 12.8 Å². The van der Waals surface area contributed by atoms with Crippen molar-refractivity contribution in [2.24, 2.45) is 0 Å². The van der Waals surface area contributed by atoms with E-state index in [9.17, 15) is 5.11 Å². The summed E-state index contributed by atoms with van der Waals surface area (Å²) in [6.45, 7) is 6.61. The second kappa shape index (κ2) is 5.29. The van der Waals surface area contributed by atoms with Gasteiger partial charge < -0.3 is 14.6 Å². The molecule has 0 aromatic heterocycles. The minimum atomic E-state index is -0.801. The standard InChI is InChI=1S/C15H22O3/c1-4-17-14-7-5-6-13(8-14)15(16)9-11(2)18-12(3)10-15/h5-8,11-12,16H,4,9-10H2,1-3H3. The van der Waals surface area contributed by atoms with Gasteiger partial charge >= 0.3 is 0 Å². The van der Waals surface area contributed by atoms with Gasteiger partial charge in [-0.1, -0.05) is 12.1 Å². The Labute approximate surface area is 109 Å². The summed E-state index contributed by atoms with van der Waals surface area (Å²) in [5.74, 6) is 0.815. The number of benzene rings is 1. The molecule has 2 rings (SSSR count). The van der Waals surface area contributed by atoms with Crippen molar-refractivity contribution in [1.29, 1.82) is 0 Å². The first kappa shape index (κ1) is 13.4. The fourth-order valence-corrected chi connectivity index (χ4v) is 2.80. The Balaban J connectivity index is 2.25. The Morgan fingerprint density at radius 3 is 2.61 bits per heavy atom. The van der Waals surface area contributed by atoms with Gasteiger partial charge in [-0.2, -0.15) is 0 Å². The number of aliphatic hydroxyl groups is 1. The highest BCUT2D eigenvalue weighted by Gasteiger charge is 2.38. The van der Waals surface area contributed by atoms with Crippen molar-refractivity contribution in [3.05, 3.63) is 29.8 Å². The third-order valence-corrected chi connectivity index (χ3v) is 3.40. The molecule has 2 atom stereocenters. The van der Waals surface area contributed by atoms with Crippen molar-refractivity contribution in [1.82, 2.24) is 0 Å². The zero-order chi connectivity index (χ0) is 13.2. The first-order valence-electron chi connectivity index (χ1n) is 6.64. The summed E-state index contributed by atoms with van der Waals surface area (Å²) in [6.07, 6.45) is 1.42. The Hall–Kier alpha value is -1.06. The van der Waals surface area contributed by atoms with Crippen LogP contribution in [0.5, 0.6) is 5.75 Å². The third-order valence-electron chi connectivity index (χ3n) is 3.40. The predicted octanol–water partition coefficient (Wildman–Crippen LogP) is 2.86. The average Bonchev–Trinajstić information content (AvgIpc) is 2.28. The second-order valence-corrected chi connectivity index (χ2v) is 5.16. The summed E-state index contributed by atoms with van der Waals surface area (Å²) in [4.78, 5) is 0. The molecule has 0 aliphatic carbocycles. The van der Waals surface area contributed by atoms with E-state index in [1.165, 1.54) is 0 Å². The summed E-state index contributed by atoms with van der Waals surface area (Å²) in [5, 5.41) is 10.8. The van der Waals surface area contributed by atoms with Crippen LogP contribution in [0.3, 0.4) is 0 Å². The molecule has 1 aromatic rings. The number of ether oxygens (including phenoxy) is 2. The summed E-state index contributed by atoms with van der Waals surface area (Å²) >= 11 is 0.